The predicted octanol–water partition coefficient (Wildman–Crippen LogP) is 3.93. The zero-order valence-electron chi connectivity index (χ0n) is 14.0. The van der Waals surface area contributed by atoms with Gasteiger partial charge in [-0.3, -0.25) is 14.9 Å². The number of nitro benzene ring substituents is 1. The highest BCUT2D eigenvalue weighted by Gasteiger charge is 2.53. The van der Waals surface area contributed by atoms with Crippen LogP contribution in [-0.4, -0.2) is 16.9 Å². The number of rotatable bonds is 4. The molecule has 1 aromatic rings. The van der Waals surface area contributed by atoms with Crippen LogP contribution in [0.1, 0.15) is 55.8 Å². The summed E-state index contributed by atoms with van der Waals surface area (Å²) >= 11 is 0. The highest BCUT2D eigenvalue weighted by atomic mass is 16.6. The molecule has 128 valence electrons. The molecule has 1 unspecified atom stereocenters. The number of non-ortho nitro benzene ring substituents is 1. The van der Waals surface area contributed by atoms with Crippen LogP contribution in [0.2, 0.25) is 0 Å². The van der Waals surface area contributed by atoms with Gasteiger partial charge in [0.1, 0.15) is 0 Å². The second-order valence-corrected chi connectivity index (χ2v) is 8.28. The van der Waals surface area contributed by atoms with Crippen LogP contribution >= 0.6 is 0 Å². The summed E-state index contributed by atoms with van der Waals surface area (Å²) in [5, 5.41) is 13.9. The van der Waals surface area contributed by atoms with Gasteiger partial charge in [-0.1, -0.05) is 0 Å². The molecule has 0 aromatic heterocycles. The Morgan fingerprint density at radius 2 is 1.62 bits per heavy atom. The van der Waals surface area contributed by atoms with E-state index in [1.54, 1.807) is 12.1 Å². The van der Waals surface area contributed by atoms with Crippen LogP contribution in [-0.2, 0) is 0 Å². The monoisotopic (exact) mass is 328 g/mol. The SMILES string of the molecule is CC(NC(=O)c1ccc([N+](=O)[O-])cc1)C12CC3CC(CC(C3)C1)C2. The Hall–Kier alpha value is -1.91. The lowest BCUT2D eigenvalue weighted by molar-refractivity contribution is -0.384. The number of carbonyl (C=O) groups excluding carboxylic acids is 1. The van der Waals surface area contributed by atoms with Crippen molar-refractivity contribution in [2.24, 2.45) is 23.2 Å². The third-order valence-corrected chi connectivity index (χ3v) is 6.69. The first-order valence-electron chi connectivity index (χ1n) is 9.00. The molecular weight excluding hydrogens is 304 g/mol. The highest BCUT2D eigenvalue weighted by Crippen LogP contribution is 2.61. The van der Waals surface area contributed by atoms with Gasteiger partial charge in [0.25, 0.3) is 11.6 Å². The molecule has 1 N–H and O–H groups in total. The van der Waals surface area contributed by atoms with E-state index in [2.05, 4.69) is 12.2 Å². The van der Waals surface area contributed by atoms with Crippen molar-refractivity contribution in [2.45, 2.75) is 51.5 Å². The fourth-order valence-corrected chi connectivity index (χ4v) is 5.88. The lowest BCUT2D eigenvalue weighted by Crippen LogP contribution is -2.55. The van der Waals surface area contributed by atoms with Gasteiger partial charge in [-0.2, -0.15) is 0 Å². The minimum Gasteiger partial charge on any atom is -0.349 e. The molecule has 1 atom stereocenters. The summed E-state index contributed by atoms with van der Waals surface area (Å²) in [4.78, 5) is 22.8. The highest BCUT2D eigenvalue weighted by molar-refractivity contribution is 5.94. The smallest absolute Gasteiger partial charge is 0.269 e. The van der Waals surface area contributed by atoms with Crippen molar-refractivity contribution in [1.82, 2.24) is 5.32 Å². The number of benzene rings is 1. The topological polar surface area (TPSA) is 72.2 Å². The van der Waals surface area contributed by atoms with Crippen molar-refractivity contribution in [1.29, 1.82) is 0 Å². The van der Waals surface area contributed by atoms with E-state index in [-0.39, 0.29) is 23.1 Å². The third kappa shape index (κ3) is 2.60. The van der Waals surface area contributed by atoms with Crippen molar-refractivity contribution in [2.75, 3.05) is 0 Å². The first-order chi connectivity index (χ1) is 11.4. The second-order valence-electron chi connectivity index (χ2n) is 8.28. The molecule has 0 heterocycles. The Bertz CT molecular complexity index is 632. The van der Waals surface area contributed by atoms with Gasteiger partial charge < -0.3 is 5.32 Å². The van der Waals surface area contributed by atoms with E-state index in [1.165, 1.54) is 50.7 Å². The number of nitro groups is 1. The fourth-order valence-electron chi connectivity index (χ4n) is 5.88. The number of nitrogens with one attached hydrogen (secondary N) is 1. The van der Waals surface area contributed by atoms with Crippen LogP contribution in [0.5, 0.6) is 0 Å². The van der Waals surface area contributed by atoms with Crippen molar-refractivity contribution in [3.8, 4) is 0 Å². The molecule has 0 aliphatic heterocycles. The number of carbonyl (C=O) groups is 1. The Balaban J connectivity index is 1.46. The van der Waals surface area contributed by atoms with E-state index in [4.69, 9.17) is 0 Å². The zero-order valence-corrected chi connectivity index (χ0v) is 14.0. The molecule has 4 aliphatic rings. The van der Waals surface area contributed by atoms with Gasteiger partial charge in [0.15, 0.2) is 0 Å². The molecule has 5 rings (SSSR count). The first-order valence-corrected chi connectivity index (χ1v) is 9.00. The van der Waals surface area contributed by atoms with Gasteiger partial charge in [-0.05, 0) is 80.8 Å². The molecule has 24 heavy (non-hydrogen) atoms. The van der Waals surface area contributed by atoms with Gasteiger partial charge in [0.05, 0.1) is 4.92 Å². The summed E-state index contributed by atoms with van der Waals surface area (Å²) in [6.45, 7) is 2.15. The lowest BCUT2D eigenvalue weighted by atomic mass is 9.48. The summed E-state index contributed by atoms with van der Waals surface area (Å²) in [6, 6.07) is 6.03. The summed E-state index contributed by atoms with van der Waals surface area (Å²) in [5.74, 6) is 2.45. The summed E-state index contributed by atoms with van der Waals surface area (Å²) in [7, 11) is 0. The van der Waals surface area contributed by atoms with Crippen LogP contribution in [0.25, 0.3) is 0 Å². The average Bonchev–Trinajstić information content (AvgIpc) is 2.53. The molecular formula is C19H24N2O3. The van der Waals surface area contributed by atoms with Gasteiger partial charge in [0, 0.05) is 23.7 Å². The minimum absolute atomic E-state index is 0.0145. The molecule has 4 bridgehead atoms. The Morgan fingerprint density at radius 3 is 2.08 bits per heavy atom. The van der Waals surface area contributed by atoms with E-state index >= 15 is 0 Å². The molecule has 4 saturated carbocycles. The first kappa shape index (κ1) is 15.6. The zero-order chi connectivity index (χ0) is 16.9. The minimum atomic E-state index is -0.445. The van der Waals surface area contributed by atoms with Crippen molar-refractivity contribution in [3.05, 3.63) is 39.9 Å². The van der Waals surface area contributed by atoms with Crippen molar-refractivity contribution >= 4 is 11.6 Å². The number of amides is 1. The maximum Gasteiger partial charge on any atom is 0.269 e. The summed E-state index contributed by atoms with van der Waals surface area (Å²) in [6.07, 6.45) is 7.93. The summed E-state index contributed by atoms with van der Waals surface area (Å²) < 4.78 is 0. The molecule has 4 aliphatic carbocycles. The fraction of sp³-hybridized carbons (Fsp3) is 0.632. The third-order valence-electron chi connectivity index (χ3n) is 6.69. The average molecular weight is 328 g/mol. The van der Waals surface area contributed by atoms with Crippen LogP contribution in [0.3, 0.4) is 0 Å². The molecule has 0 saturated heterocycles. The van der Waals surface area contributed by atoms with E-state index in [9.17, 15) is 14.9 Å². The van der Waals surface area contributed by atoms with Crippen LogP contribution < -0.4 is 5.32 Å². The van der Waals surface area contributed by atoms with Crippen LogP contribution in [0, 0.1) is 33.3 Å². The molecule has 4 fully saturated rings. The number of nitrogens with zero attached hydrogens (tertiary/aromatic N) is 1. The molecule has 1 amide bonds. The molecule has 0 radical (unpaired) electrons. The van der Waals surface area contributed by atoms with E-state index < -0.39 is 4.92 Å². The number of hydrogen-bond donors (Lipinski definition) is 1. The largest absolute Gasteiger partial charge is 0.349 e. The molecule has 0 spiro atoms. The molecule has 5 heteroatoms. The second kappa shape index (κ2) is 5.57. The van der Waals surface area contributed by atoms with E-state index in [0.29, 0.717) is 5.56 Å². The normalized spacial score (nSPS) is 34.8. The van der Waals surface area contributed by atoms with Crippen molar-refractivity contribution < 1.29 is 9.72 Å². The number of hydrogen-bond acceptors (Lipinski definition) is 3. The van der Waals surface area contributed by atoms with E-state index in [0.717, 1.165) is 17.8 Å². The molecule has 5 nitrogen and oxygen atoms in total. The Morgan fingerprint density at radius 1 is 1.12 bits per heavy atom. The lowest BCUT2D eigenvalue weighted by Gasteiger charge is -2.59. The standard InChI is InChI=1S/C19H24N2O3/c1-12(19-9-13-6-14(10-19)8-15(7-13)11-19)20-18(22)16-2-4-17(5-3-16)21(23)24/h2-5,12-15H,6-11H2,1H3,(H,20,22). The Kier molecular flexibility index (Phi) is 3.62. The van der Waals surface area contributed by atoms with Crippen LogP contribution in [0.4, 0.5) is 5.69 Å². The Labute approximate surface area is 142 Å². The van der Waals surface area contributed by atoms with Gasteiger partial charge >= 0.3 is 0 Å². The van der Waals surface area contributed by atoms with Gasteiger partial charge in [-0.15, -0.1) is 0 Å². The van der Waals surface area contributed by atoms with Gasteiger partial charge in [-0.25, -0.2) is 0 Å². The predicted molar refractivity (Wildman–Crippen MR) is 90.6 cm³/mol. The maximum atomic E-state index is 12.5. The van der Waals surface area contributed by atoms with Gasteiger partial charge in [0.2, 0.25) is 0 Å². The quantitative estimate of drug-likeness (QED) is 0.672. The maximum absolute atomic E-state index is 12.5. The van der Waals surface area contributed by atoms with E-state index in [1.807, 2.05) is 0 Å². The van der Waals surface area contributed by atoms with Crippen LogP contribution in [0.15, 0.2) is 24.3 Å². The molecule has 1 aromatic carbocycles. The van der Waals surface area contributed by atoms with Crippen molar-refractivity contribution in [3.63, 3.8) is 0 Å². The summed E-state index contributed by atoms with van der Waals surface area (Å²) in [5.41, 5.74) is 0.781.